The molecule has 0 aliphatic rings. The van der Waals surface area contributed by atoms with Crippen LogP contribution in [0.2, 0.25) is 0 Å². The Morgan fingerprint density at radius 1 is 1.04 bits per heavy atom. The summed E-state index contributed by atoms with van der Waals surface area (Å²) in [4.78, 5) is 7.22. The quantitative estimate of drug-likeness (QED) is 0.442. The largest absolute Gasteiger partial charge is 0.508 e. The number of rotatable bonds is 4. The third-order valence-corrected chi connectivity index (χ3v) is 4.28. The lowest BCUT2D eigenvalue weighted by Gasteiger charge is -2.21. The van der Waals surface area contributed by atoms with E-state index in [1.807, 2.05) is 6.07 Å². The number of aromatic nitrogens is 2. The number of hydrogen-bond donors (Lipinski definition) is 4. The van der Waals surface area contributed by atoms with Gasteiger partial charge in [-0.1, -0.05) is 0 Å². The van der Waals surface area contributed by atoms with Crippen LogP contribution in [-0.4, -0.2) is 20.2 Å². The molecule has 0 fully saturated rings. The van der Waals surface area contributed by atoms with Crippen molar-refractivity contribution < 1.29 is 14.6 Å². The molecule has 6 heteroatoms. The molecule has 0 amide bonds. The molecule has 0 radical (unpaired) electrons. The van der Waals surface area contributed by atoms with E-state index >= 15 is 0 Å². The van der Waals surface area contributed by atoms with Gasteiger partial charge in [0.25, 0.3) is 0 Å². The van der Waals surface area contributed by atoms with Crippen LogP contribution in [0.5, 0.6) is 11.5 Å². The molecular formula is C20H16FN3O2. The summed E-state index contributed by atoms with van der Waals surface area (Å²) in [7, 11) is 0. The number of anilines is 1. The van der Waals surface area contributed by atoms with Gasteiger partial charge in [-0.2, -0.15) is 0 Å². The molecule has 0 saturated heterocycles. The molecule has 0 aliphatic carbocycles. The van der Waals surface area contributed by atoms with Gasteiger partial charge in [-0.25, -0.2) is 4.39 Å². The third-order valence-electron chi connectivity index (χ3n) is 4.28. The highest BCUT2D eigenvalue weighted by molar-refractivity contribution is 5.85. The molecule has 2 heterocycles. The van der Waals surface area contributed by atoms with Crippen molar-refractivity contribution in [2.24, 2.45) is 0 Å². The molecule has 1 atom stereocenters. The summed E-state index contributed by atoms with van der Waals surface area (Å²) >= 11 is 0. The van der Waals surface area contributed by atoms with Crippen molar-refractivity contribution >= 4 is 16.6 Å². The third kappa shape index (κ3) is 2.93. The second-order valence-electron chi connectivity index (χ2n) is 6.00. The van der Waals surface area contributed by atoms with Crippen LogP contribution in [0.15, 0.2) is 67.1 Å². The predicted molar refractivity (Wildman–Crippen MR) is 97.7 cm³/mol. The van der Waals surface area contributed by atoms with Gasteiger partial charge in [-0.05, 0) is 42.5 Å². The van der Waals surface area contributed by atoms with Crippen molar-refractivity contribution in [3.8, 4) is 11.5 Å². The van der Waals surface area contributed by atoms with Crippen LogP contribution >= 0.6 is 0 Å². The number of nitrogens with one attached hydrogen (secondary N) is 2. The molecule has 5 nitrogen and oxygen atoms in total. The number of aromatic amines is 1. The van der Waals surface area contributed by atoms with E-state index in [0.29, 0.717) is 10.9 Å². The van der Waals surface area contributed by atoms with E-state index in [2.05, 4.69) is 15.3 Å². The number of benzene rings is 2. The standard InChI is InChI=1S/C20H16FN3O2/c21-12-3-6-18-16(8-12)17(11-23-18)20(24-13-2-1-7-22-10-13)15-5-4-14(25)9-19(15)26/h1-11,20,23-26H. The fraction of sp³-hybridized carbons (Fsp3) is 0.0500. The van der Waals surface area contributed by atoms with Crippen LogP contribution in [0.1, 0.15) is 17.2 Å². The molecule has 2 aromatic heterocycles. The Morgan fingerprint density at radius 2 is 1.92 bits per heavy atom. The summed E-state index contributed by atoms with van der Waals surface area (Å²) in [5.41, 5.74) is 2.86. The normalized spacial score (nSPS) is 12.2. The van der Waals surface area contributed by atoms with Crippen LogP contribution in [0.25, 0.3) is 10.9 Å². The number of phenols is 2. The second-order valence-corrected chi connectivity index (χ2v) is 6.00. The first-order valence-corrected chi connectivity index (χ1v) is 8.07. The number of H-pyrrole nitrogens is 1. The van der Waals surface area contributed by atoms with Gasteiger partial charge in [0.05, 0.1) is 11.7 Å². The molecule has 0 spiro atoms. The number of hydrogen-bond acceptors (Lipinski definition) is 4. The topological polar surface area (TPSA) is 81.2 Å². The number of pyridine rings is 1. The minimum atomic E-state index is -0.477. The smallest absolute Gasteiger partial charge is 0.124 e. The number of aromatic hydroxyl groups is 2. The Morgan fingerprint density at radius 3 is 2.69 bits per heavy atom. The monoisotopic (exact) mass is 349 g/mol. The maximum Gasteiger partial charge on any atom is 0.124 e. The molecule has 4 N–H and O–H groups in total. The lowest BCUT2D eigenvalue weighted by atomic mass is 9.96. The maximum atomic E-state index is 13.8. The molecule has 130 valence electrons. The van der Waals surface area contributed by atoms with Crippen molar-refractivity contribution in [1.29, 1.82) is 0 Å². The van der Waals surface area contributed by atoms with Crippen molar-refractivity contribution in [2.45, 2.75) is 6.04 Å². The zero-order valence-corrected chi connectivity index (χ0v) is 13.6. The SMILES string of the molecule is Oc1ccc(C(Nc2cccnc2)c2c[nH]c3ccc(F)cc23)c(O)c1. The molecule has 4 aromatic rings. The van der Waals surface area contributed by atoms with Crippen LogP contribution in [0.3, 0.4) is 0 Å². The first-order chi connectivity index (χ1) is 12.6. The number of fused-ring (bicyclic) bond motifs is 1. The Bertz CT molecular complexity index is 1060. The van der Waals surface area contributed by atoms with Crippen LogP contribution in [-0.2, 0) is 0 Å². The molecule has 0 saturated carbocycles. The van der Waals surface area contributed by atoms with Crippen LogP contribution < -0.4 is 5.32 Å². The van der Waals surface area contributed by atoms with E-state index in [4.69, 9.17) is 0 Å². The maximum absolute atomic E-state index is 13.8. The molecule has 0 bridgehead atoms. The average Bonchev–Trinajstić information content (AvgIpc) is 3.04. The van der Waals surface area contributed by atoms with E-state index in [9.17, 15) is 14.6 Å². The zero-order chi connectivity index (χ0) is 18.1. The highest BCUT2D eigenvalue weighted by Gasteiger charge is 2.21. The van der Waals surface area contributed by atoms with Gasteiger partial charge in [-0.15, -0.1) is 0 Å². The number of halogens is 1. The van der Waals surface area contributed by atoms with Crippen molar-refractivity contribution in [1.82, 2.24) is 9.97 Å². The lowest BCUT2D eigenvalue weighted by Crippen LogP contribution is -2.12. The van der Waals surface area contributed by atoms with Crippen LogP contribution in [0.4, 0.5) is 10.1 Å². The van der Waals surface area contributed by atoms with E-state index in [0.717, 1.165) is 16.8 Å². The fourth-order valence-electron chi connectivity index (χ4n) is 3.07. The van der Waals surface area contributed by atoms with Crippen LogP contribution in [0, 0.1) is 5.82 Å². The predicted octanol–water partition coefficient (Wildman–Crippen LogP) is 4.31. The van der Waals surface area contributed by atoms with E-state index in [-0.39, 0.29) is 17.3 Å². The molecule has 1 unspecified atom stereocenters. The summed E-state index contributed by atoms with van der Waals surface area (Å²) in [5.74, 6) is -0.429. The minimum absolute atomic E-state index is 0.0312. The van der Waals surface area contributed by atoms with E-state index < -0.39 is 6.04 Å². The Labute approximate surface area is 148 Å². The first-order valence-electron chi connectivity index (χ1n) is 8.07. The van der Waals surface area contributed by atoms with Gasteiger partial charge in [0.15, 0.2) is 0 Å². The van der Waals surface area contributed by atoms with Crippen molar-refractivity contribution in [3.63, 3.8) is 0 Å². The summed E-state index contributed by atoms with van der Waals surface area (Å²) in [6.07, 6.45) is 5.11. The molecule has 4 rings (SSSR count). The zero-order valence-electron chi connectivity index (χ0n) is 13.6. The summed E-state index contributed by atoms with van der Waals surface area (Å²) in [5, 5.41) is 24.0. The van der Waals surface area contributed by atoms with Gasteiger partial charge in [-0.3, -0.25) is 4.98 Å². The van der Waals surface area contributed by atoms with E-state index in [1.165, 1.54) is 24.3 Å². The van der Waals surface area contributed by atoms with Crippen molar-refractivity contribution in [2.75, 3.05) is 5.32 Å². The van der Waals surface area contributed by atoms with Gasteiger partial charge in [0.1, 0.15) is 17.3 Å². The lowest BCUT2D eigenvalue weighted by molar-refractivity contribution is 0.445. The van der Waals surface area contributed by atoms with Crippen molar-refractivity contribution in [3.05, 3.63) is 84.1 Å². The highest BCUT2D eigenvalue weighted by Crippen LogP contribution is 2.37. The van der Waals surface area contributed by atoms with E-state index in [1.54, 1.807) is 36.8 Å². The second kappa shape index (κ2) is 6.40. The fourth-order valence-corrected chi connectivity index (χ4v) is 3.07. The summed E-state index contributed by atoms with van der Waals surface area (Å²) in [6.45, 7) is 0. The van der Waals surface area contributed by atoms with Gasteiger partial charge in [0.2, 0.25) is 0 Å². The molecule has 26 heavy (non-hydrogen) atoms. The Kier molecular flexibility index (Phi) is 3.93. The Hall–Kier alpha value is -3.54. The first kappa shape index (κ1) is 16.0. The average molecular weight is 349 g/mol. The molecule has 0 aliphatic heterocycles. The Balaban J connectivity index is 1.88. The summed E-state index contributed by atoms with van der Waals surface area (Å²) in [6, 6.07) is 12.1. The highest BCUT2D eigenvalue weighted by atomic mass is 19.1. The number of nitrogens with zero attached hydrogens (tertiary/aromatic N) is 1. The summed E-state index contributed by atoms with van der Waals surface area (Å²) < 4.78 is 13.8. The van der Waals surface area contributed by atoms with Gasteiger partial charge >= 0.3 is 0 Å². The van der Waals surface area contributed by atoms with Gasteiger partial charge < -0.3 is 20.5 Å². The van der Waals surface area contributed by atoms with Gasteiger partial charge in [0, 0.05) is 46.7 Å². The minimum Gasteiger partial charge on any atom is -0.508 e. The molecular weight excluding hydrogens is 333 g/mol. The molecule has 2 aromatic carbocycles. The number of phenolic OH excluding ortho intramolecular Hbond substituents is 2.